The summed E-state index contributed by atoms with van der Waals surface area (Å²) in [5.41, 5.74) is 10.6. The molecule has 52 heavy (non-hydrogen) atoms. The molecule has 10 aromatic rings. The zero-order chi connectivity index (χ0) is 34.4. The molecule has 0 spiro atoms. The molecule has 1 aromatic heterocycles. The molecule has 0 amide bonds. The van der Waals surface area contributed by atoms with Crippen LogP contribution in [0.4, 0.5) is 17.1 Å². The molecule has 0 saturated heterocycles. The van der Waals surface area contributed by atoms with Gasteiger partial charge in [-0.25, -0.2) is 0 Å². The minimum Gasteiger partial charge on any atom is -0.310 e. The third kappa shape index (κ3) is 5.51. The first-order valence-corrected chi connectivity index (χ1v) is 18.6. The first kappa shape index (κ1) is 30.4. The lowest BCUT2D eigenvalue weighted by atomic mass is 9.96. The molecule has 10 rings (SSSR count). The summed E-state index contributed by atoms with van der Waals surface area (Å²) in [5.74, 6) is 0. The van der Waals surface area contributed by atoms with Crippen molar-refractivity contribution in [2.75, 3.05) is 4.90 Å². The van der Waals surface area contributed by atoms with Crippen molar-refractivity contribution in [2.24, 2.45) is 0 Å². The molecule has 0 aliphatic heterocycles. The molecule has 0 saturated carbocycles. The third-order valence-corrected chi connectivity index (χ3v) is 11.3. The summed E-state index contributed by atoms with van der Waals surface area (Å²) in [6.45, 7) is 0. The maximum absolute atomic E-state index is 2.41. The Morgan fingerprint density at radius 1 is 0.269 bits per heavy atom. The van der Waals surface area contributed by atoms with Crippen molar-refractivity contribution in [1.29, 1.82) is 0 Å². The van der Waals surface area contributed by atoms with Crippen molar-refractivity contribution in [1.82, 2.24) is 0 Å². The van der Waals surface area contributed by atoms with Gasteiger partial charge < -0.3 is 4.90 Å². The summed E-state index contributed by atoms with van der Waals surface area (Å²) < 4.78 is 2.62. The van der Waals surface area contributed by atoms with Gasteiger partial charge in [0.1, 0.15) is 0 Å². The van der Waals surface area contributed by atoms with E-state index in [0.717, 1.165) is 17.1 Å². The van der Waals surface area contributed by atoms with Crippen LogP contribution in [0.25, 0.3) is 75.1 Å². The first-order valence-electron chi connectivity index (χ1n) is 17.7. The smallest absolute Gasteiger partial charge is 0.0468 e. The minimum atomic E-state index is 1.12. The van der Waals surface area contributed by atoms with Gasteiger partial charge in [-0.15, -0.1) is 11.3 Å². The van der Waals surface area contributed by atoms with E-state index in [-0.39, 0.29) is 0 Å². The summed E-state index contributed by atoms with van der Waals surface area (Å²) in [7, 11) is 0. The van der Waals surface area contributed by atoms with E-state index < -0.39 is 0 Å². The fraction of sp³-hybridized carbons (Fsp3) is 0. The number of benzene rings is 9. The van der Waals surface area contributed by atoms with E-state index in [0.29, 0.717) is 0 Å². The van der Waals surface area contributed by atoms with Crippen LogP contribution in [0.1, 0.15) is 0 Å². The average molecular weight is 680 g/mol. The Bertz CT molecular complexity index is 2920. The van der Waals surface area contributed by atoms with Crippen molar-refractivity contribution in [2.45, 2.75) is 0 Å². The van der Waals surface area contributed by atoms with E-state index in [2.05, 4.69) is 205 Å². The highest BCUT2D eigenvalue weighted by Gasteiger charge is 2.17. The molecular formula is C50H33NS. The van der Waals surface area contributed by atoms with Crippen molar-refractivity contribution < 1.29 is 0 Å². The van der Waals surface area contributed by atoms with Gasteiger partial charge in [-0.2, -0.15) is 0 Å². The van der Waals surface area contributed by atoms with Gasteiger partial charge in [0.05, 0.1) is 0 Å². The predicted molar refractivity (Wildman–Crippen MR) is 225 cm³/mol. The molecule has 0 aliphatic carbocycles. The molecule has 9 aromatic carbocycles. The quantitative estimate of drug-likeness (QED) is 0.169. The van der Waals surface area contributed by atoms with Crippen LogP contribution in [0.3, 0.4) is 0 Å². The van der Waals surface area contributed by atoms with Gasteiger partial charge in [-0.3, -0.25) is 0 Å². The maximum Gasteiger partial charge on any atom is 0.0468 e. The second-order valence-corrected chi connectivity index (χ2v) is 14.5. The topological polar surface area (TPSA) is 3.24 Å². The van der Waals surface area contributed by atoms with Crippen LogP contribution in [-0.4, -0.2) is 0 Å². The SMILES string of the molecule is c1ccc(-c2cccc(N(c3ccc4ccc(-c5cccc(-c6ccc7ccccc7c6)c5)cc4c3)c3ccc4sc5ccccc5c4c3)c2)cc1. The Hall–Kier alpha value is -6.48. The van der Waals surface area contributed by atoms with Crippen LogP contribution in [-0.2, 0) is 0 Å². The molecule has 0 atom stereocenters. The Morgan fingerprint density at radius 2 is 0.808 bits per heavy atom. The molecule has 1 heterocycles. The van der Waals surface area contributed by atoms with Crippen molar-refractivity contribution in [3.05, 3.63) is 200 Å². The van der Waals surface area contributed by atoms with Gasteiger partial charge >= 0.3 is 0 Å². The molecule has 244 valence electrons. The van der Waals surface area contributed by atoms with E-state index in [9.17, 15) is 0 Å². The lowest BCUT2D eigenvalue weighted by Crippen LogP contribution is -2.10. The average Bonchev–Trinajstić information content (AvgIpc) is 3.59. The minimum absolute atomic E-state index is 1.12. The third-order valence-electron chi connectivity index (χ3n) is 10.2. The number of thiophene rings is 1. The van der Waals surface area contributed by atoms with Crippen LogP contribution >= 0.6 is 11.3 Å². The lowest BCUT2D eigenvalue weighted by molar-refractivity contribution is 1.30. The largest absolute Gasteiger partial charge is 0.310 e. The molecule has 0 fully saturated rings. The number of rotatable bonds is 6. The zero-order valence-corrected chi connectivity index (χ0v) is 29.2. The summed E-state index contributed by atoms with van der Waals surface area (Å²) in [4.78, 5) is 2.41. The van der Waals surface area contributed by atoms with Gasteiger partial charge in [-0.1, -0.05) is 133 Å². The first-order chi connectivity index (χ1) is 25.7. The van der Waals surface area contributed by atoms with Crippen molar-refractivity contribution in [3.8, 4) is 33.4 Å². The number of anilines is 3. The van der Waals surface area contributed by atoms with E-state index in [1.54, 1.807) is 0 Å². The second kappa shape index (κ2) is 12.7. The summed E-state index contributed by atoms with van der Waals surface area (Å²) in [6, 6.07) is 73.1. The number of nitrogens with zero attached hydrogens (tertiary/aromatic N) is 1. The van der Waals surface area contributed by atoms with Crippen molar-refractivity contribution in [3.63, 3.8) is 0 Å². The highest BCUT2D eigenvalue weighted by Crippen LogP contribution is 2.42. The normalized spacial score (nSPS) is 11.5. The fourth-order valence-corrected chi connectivity index (χ4v) is 8.64. The van der Waals surface area contributed by atoms with Gasteiger partial charge in [0.2, 0.25) is 0 Å². The monoisotopic (exact) mass is 679 g/mol. The molecule has 0 aliphatic rings. The predicted octanol–water partition coefficient (Wildman–Crippen LogP) is 14.8. The fourth-order valence-electron chi connectivity index (χ4n) is 7.56. The van der Waals surface area contributed by atoms with E-state index in [1.165, 1.54) is 75.1 Å². The molecule has 2 heteroatoms. The molecule has 0 radical (unpaired) electrons. The van der Waals surface area contributed by atoms with E-state index in [1.807, 2.05) is 11.3 Å². The Balaban J connectivity index is 1.10. The molecular weight excluding hydrogens is 647 g/mol. The lowest BCUT2D eigenvalue weighted by Gasteiger charge is -2.26. The van der Waals surface area contributed by atoms with Gasteiger partial charge in [-0.05, 0) is 122 Å². The van der Waals surface area contributed by atoms with Crippen LogP contribution in [0.5, 0.6) is 0 Å². The molecule has 0 N–H and O–H groups in total. The zero-order valence-electron chi connectivity index (χ0n) is 28.4. The second-order valence-electron chi connectivity index (χ2n) is 13.4. The molecule has 1 nitrogen and oxygen atoms in total. The highest BCUT2D eigenvalue weighted by atomic mass is 32.1. The summed E-state index contributed by atoms with van der Waals surface area (Å²) in [6.07, 6.45) is 0. The number of hydrogen-bond acceptors (Lipinski definition) is 2. The standard InChI is InChI=1S/C50H33NS/c1-2-10-34(11-3-1)40-16-9-17-44(31-40)51(46-26-27-50-48(33-46)47-18-6-7-19-49(47)52-50)45-25-24-36-21-23-42(30-43(36)32-45)39-15-8-14-38(29-39)41-22-20-35-12-4-5-13-37(35)28-41/h1-33H. The Labute approximate surface area is 307 Å². The Morgan fingerprint density at radius 3 is 1.63 bits per heavy atom. The van der Waals surface area contributed by atoms with Crippen LogP contribution in [0.2, 0.25) is 0 Å². The van der Waals surface area contributed by atoms with Gasteiger partial charge in [0, 0.05) is 37.2 Å². The van der Waals surface area contributed by atoms with E-state index in [4.69, 9.17) is 0 Å². The van der Waals surface area contributed by atoms with Crippen LogP contribution < -0.4 is 4.90 Å². The Kier molecular flexibility index (Phi) is 7.41. The number of hydrogen-bond donors (Lipinski definition) is 0. The maximum atomic E-state index is 2.41. The van der Waals surface area contributed by atoms with Gasteiger partial charge in [0.25, 0.3) is 0 Å². The molecule has 0 bridgehead atoms. The summed E-state index contributed by atoms with van der Waals surface area (Å²) >= 11 is 1.86. The van der Waals surface area contributed by atoms with Crippen molar-refractivity contribution >= 4 is 70.1 Å². The molecule has 0 unspecified atom stereocenters. The summed E-state index contributed by atoms with van der Waals surface area (Å²) in [5, 5.41) is 7.53. The van der Waals surface area contributed by atoms with Crippen LogP contribution in [0, 0.1) is 0 Å². The van der Waals surface area contributed by atoms with E-state index >= 15 is 0 Å². The van der Waals surface area contributed by atoms with Crippen LogP contribution in [0.15, 0.2) is 200 Å². The van der Waals surface area contributed by atoms with Gasteiger partial charge in [0.15, 0.2) is 0 Å². The highest BCUT2D eigenvalue weighted by molar-refractivity contribution is 7.25. The number of fused-ring (bicyclic) bond motifs is 5.